The van der Waals surface area contributed by atoms with E-state index in [1.165, 1.54) is 32.4 Å². The number of nitrogens with two attached hydrogens (primary N) is 1. The van der Waals surface area contributed by atoms with Gasteiger partial charge < -0.3 is 5.73 Å². The summed E-state index contributed by atoms with van der Waals surface area (Å²) in [6.07, 6.45) is 4.00. The van der Waals surface area contributed by atoms with E-state index in [0.717, 1.165) is 12.5 Å². The Bertz CT molecular complexity index is 122. The first-order valence-electron chi connectivity index (χ1n) is 5.18. The molecular weight excluding hydrogens is 184 g/mol. The van der Waals surface area contributed by atoms with Crippen molar-refractivity contribution in [1.82, 2.24) is 4.90 Å². The first kappa shape index (κ1) is 13.2. The van der Waals surface area contributed by atoms with Crippen LogP contribution in [0.25, 0.3) is 0 Å². The fourth-order valence-corrected chi connectivity index (χ4v) is 2.05. The summed E-state index contributed by atoms with van der Waals surface area (Å²) in [5, 5.41) is 0. The second-order valence-electron chi connectivity index (χ2n) is 4.26. The van der Waals surface area contributed by atoms with Gasteiger partial charge in [0.05, 0.1) is 0 Å². The standard InChI is InChI=1S/C10H22N2.ClH/c1-9(2)7-10(8-11)12-5-3-4-6-12;/h9-10H,3-8,11H2,1-2H3;1H. The van der Waals surface area contributed by atoms with Crippen LogP contribution in [0.5, 0.6) is 0 Å². The van der Waals surface area contributed by atoms with Gasteiger partial charge in [0.25, 0.3) is 0 Å². The van der Waals surface area contributed by atoms with Gasteiger partial charge in [-0.1, -0.05) is 13.8 Å². The molecule has 0 spiro atoms. The van der Waals surface area contributed by atoms with Gasteiger partial charge in [-0.2, -0.15) is 0 Å². The summed E-state index contributed by atoms with van der Waals surface area (Å²) in [5.41, 5.74) is 5.76. The highest BCUT2D eigenvalue weighted by Crippen LogP contribution is 2.16. The lowest BCUT2D eigenvalue weighted by atomic mass is 10.0. The highest BCUT2D eigenvalue weighted by atomic mass is 35.5. The summed E-state index contributed by atoms with van der Waals surface area (Å²) in [5.74, 6) is 0.777. The lowest BCUT2D eigenvalue weighted by Crippen LogP contribution is -2.39. The first-order chi connectivity index (χ1) is 5.74. The second kappa shape index (κ2) is 6.63. The molecule has 3 heteroatoms. The van der Waals surface area contributed by atoms with Gasteiger partial charge in [-0.15, -0.1) is 12.4 Å². The zero-order chi connectivity index (χ0) is 8.97. The quantitative estimate of drug-likeness (QED) is 0.761. The molecule has 1 saturated heterocycles. The van der Waals surface area contributed by atoms with Crippen LogP contribution in [0.1, 0.15) is 33.1 Å². The zero-order valence-electron chi connectivity index (χ0n) is 8.83. The molecule has 1 heterocycles. The van der Waals surface area contributed by atoms with Crippen molar-refractivity contribution in [3.63, 3.8) is 0 Å². The first-order valence-corrected chi connectivity index (χ1v) is 5.18. The van der Waals surface area contributed by atoms with Crippen LogP contribution in [0.4, 0.5) is 0 Å². The van der Waals surface area contributed by atoms with Crippen LogP contribution in [0.15, 0.2) is 0 Å². The van der Waals surface area contributed by atoms with Crippen LogP contribution in [0.3, 0.4) is 0 Å². The van der Waals surface area contributed by atoms with Gasteiger partial charge in [0, 0.05) is 12.6 Å². The number of rotatable bonds is 4. The predicted molar refractivity (Wildman–Crippen MR) is 60.4 cm³/mol. The molecule has 1 unspecified atom stereocenters. The maximum Gasteiger partial charge on any atom is 0.0220 e. The van der Waals surface area contributed by atoms with Crippen molar-refractivity contribution < 1.29 is 0 Å². The van der Waals surface area contributed by atoms with Gasteiger partial charge in [0.15, 0.2) is 0 Å². The van der Waals surface area contributed by atoms with Crippen molar-refractivity contribution >= 4 is 12.4 Å². The summed E-state index contributed by atoms with van der Waals surface area (Å²) in [4.78, 5) is 2.56. The smallest absolute Gasteiger partial charge is 0.0220 e. The van der Waals surface area contributed by atoms with Crippen LogP contribution in [0.2, 0.25) is 0 Å². The molecule has 0 aliphatic carbocycles. The highest BCUT2D eigenvalue weighted by Gasteiger charge is 2.20. The average Bonchev–Trinajstić information content (AvgIpc) is 2.51. The summed E-state index contributed by atoms with van der Waals surface area (Å²) in [6.45, 7) is 7.93. The van der Waals surface area contributed by atoms with Crippen LogP contribution in [-0.4, -0.2) is 30.6 Å². The molecule has 13 heavy (non-hydrogen) atoms. The van der Waals surface area contributed by atoms with E-state index in [1.807, 2.05) is 0 Å². The van der Waals surface area contributed by atoms with Crippen molar-refractivity contribution in [2.75, 3.05) is 19.6 Å². The van der Waals surface area contributed by atoms with Gasteiger partial charge in [0.2, 0.25) is 0 Å². The van der Waals surface area contributed by atoms with E-state index in [1.54, 1.807) is 0 Å². The SMILES string of the molecule is CC(C)CC(CN)N1CCCC1.Cl. The van der Waals surface area contributed by atoms with Crippen molar-refractivity contribution in [2.24, 2.45) is 11.7 Å². The molecule has 1 atom stereocenters. The lowest BCUT2D eigenvalue weighted by Gasteiger charge is -2.27. The van der Waals surface area contributed by atoms with Crippen molar-refractivity contribution in [2.45, 2.75) is 39.2 Å². The zero-order valence-corrected chi connectivity index (χ0v) is 9.65. The molecule has 1 fully saturated rings. The van der Waals surface area contributed by atoms with E-state index in [2.05, 4.69) is 18.7 Å². The number of hydrogen-bond acceptors (Lipinski definition) is 2. The summed E-state index contributed by atoms with van der Waals surface area (Å²) < 4.78 is 0. The van der Waals surface area contributed by atoms with Gasteiger partial charge in [-0.25, -0.2) is 0 Å². The van der Waals surface area contributed by atoms with E-state index >= 15 is 0 Å². The topological polar surface area (TPSA) is 29.3 Å². The second-order valence-corrected chi connectivity index (χ2v) is 4.26. The molecule has 0 radical (unpaired) electrons. The molecular formula is C10H23ClN2. The Kier molecular flexibility index (Phi) is 6.74. The average molecular weight is 207 g/mol. The number of hydrogen-bond donors (Lipinski definition) is 1. The fraction of sp³-hybridized carbons (Fsp3) is 1.00. The monoisotopic (exact) mass is 206 g/mol. The van der Waals surface area contributed by atoms with E-state index < -0.39 is 0 Å². The Balaban J connectivity index is 0.00000144. The number of halogens is 1. The molecule has 1 aliphatic rings. The summed E-state index contributed by atoms with van der Waals surface area (Å²) in [7, 11) is 0. The Morgan fingerprint density at radius 1 is 1.23 bits per heavy atom. The number of likely N-dealkylation sites (tertiary alicyclic amines) is 1. The molecule has 2 nitrogen and oxygen atoms in total. The third-order valence-corrected chi connectivity index (χ3v) is 2.67. The van der Waals surface area contributed by atoms with Crippen molar-refractivity contribution in [3.8, 4) is 0 Å². The van der Waals surface area contributed by atoms with Crippen molar-refractivity contribution in [1.29, 1.82) is 0 Å². The molecule has 0 aromatic heterocycles. The van der Waals surface area contributed by atoms with Crippen LogP contribution < -0.4 is 5.73 Å². The van der Waals surface area contributed by atoms with Gasteiger partial charge in [-0.05, 0) is 38.3 Å². The summed E-state index contributed by atoms with van der Waals surface area (Å²) in [6, 6.07) is 0.646. The van der Waals surface area contributed by atoms with Crippen LogP contribution in [0, 0.1) is 5.92 Å². The Hall–Kier alpha value is 0.210. The largest absolute Gasteiger partial charge is 0.329 e. The van der Waals surface area contributed by atoms with Gasteiger partial charge >= 0.3 is 0 Å². The molecule has 0 aromatic carbocycles. The van der Waals surface area contributed by atoms with Gasteiger partial charge in [-0.3, -0.25) is 4.90 Å². The Morgan fingerprint density at radius 3 is 2.15 bits per heavy atom. The fourth-order valence-electron chi connectivity index (χ4n) is 2.05. The normalized spacial score (nSPS) is 20.3. The van der Waals surface area contributed by atoms with E-state index in [4.69, 9.17) is 5.73 Å². The summed E-state index contributed by atoms with van der Waals surface area (Å²) >= 11 is 0. The molecule has 1 aliphatic heterocycles. The van der Waals surface area contributed by atoms with Crippen LogP contribution >= 0.6 is 12.4 Å². The molecule has 0 amide bonds. The molecule has 80 valence electrons. The number of nitrogens with zero attached hydrogens (tertiary/aromatic N) is 1. The molecule has 0 saturated carbocycles. The third-order valence-electron chi connectivity index (χ3n) is 2.67. The van der Waals surface area contributed by atoms with Gasteiger partial charge in [0.1, 0.15) is 0 Å². The minimum Gasteiger partial charge on any atom is -0.329 e. The highest BCUT2D eigenvalue weighted by molar-refractivity contribution is 5.85. The van der Waals surface area contributed by atoms with Crippen LogP contribution in [-0.2, 0) is 0 Å². The van der Waals surface area contributed by atoms with E-state index in [0.29, 0.717) is 6.04 Å². The maximum atomic E-state index is 5.76. The van der Waals surface area contributed by atoms with Crippen molar-refractivity contribution in [3.05, 3.63) is 0 Å². The molecule has 0 aromatic rings. The predicted octanol–water partition coefficient (Wildman–Crippen LogP) is 1.88. The van der Waals surface area contributed by atoms with E-state index in [-0.39, 0.29) is 12.4 Å². The minimum absolute atomic E-state index is 0. The maximum absolute atomic E-state index is 5.76. The minimum atomic E-state index is 0. The molecule has 2 N–H and O–H groups in total. The third kappa shape index (κ3) is 4.30. The molecule has 0 bridgehead atoms. The van der Waals surface area contributed by atoms with E-state index in [9.17, 15) is 0 Å². The Labute approximate surface area is 88.3 Å². The Morgan fingerprint density at radius 2 is 1.77 bits per heavy atom. The lowest BCUT2D eigenvalue weighted by molar-refractivity contribution is 0.218. The molecule has 1 rings (SSSR count).